The van der Waals surface area contributed by atoms with Gasteiger partial charge in [0, 0.05) is 27.4 Å². The number of aromatic nitrogens is 3. The number of fused-ring (bicyclic) bond motifs is 1. The van der Waals surface area contributed by atoms with Gasteiger partial charge in [0.05, 0.1) is 13.4 Å². The summed E-state index contributed by atoms with van der Waals surface area (Å²) in [4.78, 5) is 1.97. The van der Waals surface area contributed by atoms with Crippen LogP contribution in [0.3, 0.4) is 0 Å². The molecule has 2 heterocycles. The molecule has 1 aliphatic heterocycles. The summed E-state index contributed by atoms with van der Waals surface area (Å²) in [5.41, 5.74) is 6.78. The van der Waals surface area contributed by atoms with Crippen molar-refractivity contribution in [3.63, 3.8) is 0 Å². The first-order valence-electron chi connectivity index (χ1n) is 8.02. The van der Waals surface area contributed by atoms with E-state index in [2.05, 4.69) is 32.6 Å². The molecule has 4 N–H and O–H groups in total. The van der Waals surface area contributed by atoms with Gasteiger partial charge in [-0.1, -0.05) is 12.1 Å². The van der Waals surface area contributed by atoms with E-state index in [1.807, 2.05) is 50.2 Å². The van der Waals surface area contributed by atoms with Crippen LogP contribution in [0.25, 0.3) is 0 Å². The molecule has 0 saturated heterocycles. The molecule has 1 aromatic carbocycles. The van der Waals surface area contributed by atoms with E-state index >= 15 is 0 Å². The number of anilines is 2. The smallest absolute Gasteiger partial charge is 0.231 e. The number of hydrogen-bond acceptors (Lipinski definition) is 9. The second kappa shape index (κ2) is 11.2. The second-order valence-corrected chi connectivity index (χ2v) is 5.35. The second-order valence-electron chi connectivity index (χ2n) is 5.35. The van der Waals surface area contributed by atoms with E-state index in [1.165, 1.54) is 0 Å². The van der Waals surface area contributed by atoms with Gasteiger partial charge in [-0.3, -0.25) is 4.57 Å². The van der Waals surface area contributed by atoms with Gasteiger partial charge in [0.1, 0.15) is 0 Å². The van der Waals surface area contributed by atoms with E-state index in [0.29, 0.717) is 12.5 Å². The van der Waals surface area contributed by atoms with Crippen LogP contribution in [-0.4, -0.2) is 42.4 Å². The quantitative estimate of drug-likeness (QED) is 0.355. The Morgan fingerprint density at radius 1 is 1.37 bits per heavy atom. The van der Waals surface area contributed by atoms with Crippen LogP contribution in [-0.2, 0) is 18.3 Å². The Morgan fingerprint density at radius 3 is 2.56 bits per heavy atom. The molecule has 10 heteroatoms. The highest BCUT2D eigenvalue weighted by Gasteiger charge is 2.15. The minimum Gasteiger partial charge on any atom is -0.505 e. The van der Waals surface area contributed by atoms with Crippen molar-refractivity contribution in [3.05, 3.63) is 36.1 Å². The van der Waals surface area contributed by atoms with Crippen LogP contribution in [0.15, 0.2) is 35.6 Å². The fourth-order valence-corrected chi connectivity index (χ4v) is 2.18. The summed E-state index contributed by atoms with van der Waals surface area (Å²) in [7, 11) is 5.40. The molecule has 1 aliphatic rings. The Kier molecular flexibility index (Phi) is 8.99. The van der Waals surface area contributed by atoms with Crippen molar-refractivity contribution in [2.75, 3.05) is 31.6 Å². The molecular formula is C17H27N7O3. The molecule has 0 fully saturated rings. The van der Waals surface area contributed by atoms with Crippen LogP contribution in [0.4, 0.5) is 11.9 Å². The molecule has 0 atom stereocenters. The number of rotatable bonds is 4. The lowest BCUT2D eigenvalue weighted by atomic mass is 10.2. The molecule has 0 aliphatic carbocycles. The maximum atomic E-state index is 5.67. The summed E-state index contributed by atoms with van der Waals surface area (Å²) in [6.07, 6.45) is 3.46. The van der Waals surface area contributed by atoms with Crippen molar-refractivity contribution in [2.24, 2.45) is 18.0 Å². The third-order valence-corrected chi connectivity index (χ3v) is 3.36. The first kappa shape index (κ1) is 21.6. The lowest BCUT2D eigenvalue weighted by Crippen LogP contribution is -2.20. The van der Waals surface area contributed by atoms with E-state index in [9.17, 15) is 0 Å². The Morgan fingerprint density at radius 2 is 2.04 bits per heavy atom. The Balaban J connectivity index is 0.000000390. The number of nitrogen functional groups attached to an aromatic ring is 1. The van der Waals surface area contributed by atoms with E-state index in [4.69, 9.17) is 15.2 Å². The first-order valence-corrected chi connectivity index (χ1v) is 8.02. The molecule has 0 saturated carbocycles. The molecule has 148 valence electrons. The number of nitrogens with zero attached hydrogens (tertiary/aromatic N) is 5. The molecule has 1 aromatic heterocycles. The number of benzene rings is 1. The van der Waals surface area contributed by atoms with Crippen molar-refractivity contribution in [2.45, 2.75) is 13.5 Å². The van der Waals surface area contributed by atoms with Crippen LogP contribution in [0.2, 0.25) is 0 Å². The average molecular weight is 377 g/mol. The fourth-order valence-electron chi connectivity index (χ4n) is 2.18. The molecule has 27 heavy (non-hydrogen) atoms. The highest BCUT2D eigenvalue weighted by molar-refractivity contribution is 5.46. The minimum atomic E-state index is 0.286. The molecule has 0 amide bonds. The topological polar surface area (TPSA) is 126 Å². The number of allylic oxidation sites excluding steroid dienone is 1. The fraction of sp³-hybridized carbons (Fsp3) is 0.353. The van der Waals surface area contributed by atoms with Gasteiger partial charge in [0.15, 0.2) is 11.5 Å². The minimum absolute atomic E-state index is 0.286. The largest absolute Gasteiger partial charge is 0.505 e. The highest BCUT2D eigenvalue weighted by atomic mass is 16.7. The SMILES string of the molecule is C/C=C/OC.C=NN.CN(Cc1ccc2c(c1)OCO2)c1nnc(N)n1C. The highest BCUT2D eigenvalue weighted by Crippen LogP contribution is 2.32. The summed E-state index contributed by atoms with van der Waals surface area (Å²) in [6.45, 7) is 5.76. The Labute approximate surface area is 159 Å². The lowest BCUT2D eigenvalue weighted by Gasteiger charge is -2.17. The zero-order valence-corrected chi connectivity index (χ0v) is 16.1. The van der Waals surface area contributed by atoms with Crippen LogP contribution in [0.5, 0.6) is 11.5 Å². The van der Waals surface area contributed by atoms with Crippen molar-refractivity contribution >= 4 is 18.6 Å². The first-order chi connectivity index (χ1) is 13.0. The Hall–Kier alpha value is -3.43. The molecule has 0 bridgehead atoms. The number of ether oxygens (including phenoxy) is 3. The zero-order valence-electron chi connectivity index (χ0n) is 16.1. The summed E-state index contributed by atoms with van der Waals surface area (Å²) in [6, 6.07) is 5.89. The predicted octanol–water partition coefficient (Wildman–Crippen LogP) is 1.49. The standard InChI is InChI=1S/C12H15N5O2.C4H8O.CH4N2/c1-16(12-15-14-11(13)17(12)2)6-8-3-4-9-10(5-8)19-7-18-9;1-3-4-5-2;1-3-2/h3-5H,6-7H2,1-2H3,(H2,13,14);3-4H,1-2H3;1-2H2/b;4-3+;. The average Bonchev–Trinajstić information content (AvgIpc) is 3.23. The van der Waals surface area contributed by atoms with E-state index in [-0.39, 0.29) is 6.79 Å². The van der Waals surface area contributed by atoms with E-state index in [1.54, 1.807) is 17.9 Å². The number of methoxy groups -OCH3 is 1. The molecule has 10 nitrogen and oxygen atoms in total. The summed E-state index contributed by atoms with van der Waals surface area (Å²) < 4.78 is 16.9. The van der Waals surface area contributed by atoms with Gasteiger partial charge in [-0.05, 0) is 24.6 Å². The summed E-state index contributed by atoms with van der Waals surface area (Å²) >= 11 is 0. The summed E-state index contributed by atoms with van der Waals surface area (Å²) in [5.74, 6) is 7.04. The third kappa shape index (κ3) is 6.42. The van der Waals surface area contributed by atoms with Gasteiger partial charge in [0.25, 0.3) is 0 Å². The maximum Gasteiger partial charge on any atom is 0.231 e. The third-order valence-electron chi connectivity index (χ3n) is 3.36. The van der Waals surface area contributed by atoms with Crippen molar-refractivity contribution in [1.29, 1.82) is 0 Å². The van der Waals surface area contributed by atoms with Crippen LogP contribution in [0, 0.1) is 0 Å². The van der Waals surface area contributed by atoms with Gasteiger partial charge < -0.3 is 30.7 Å². The number of hydrazone groups is 1. The molecule has 3 rings (SSSR count). The Bertz CT molecular complexity index is 746. The van der Waals surface area contributed by atoms with Crippen LogP contribution >= 0.6 is 0 Å². The normalized spacial score (nSPS) is 11.1. The molecule has 0 unspecified atom stereocenters. The van der Waals surface area contributed by atoms with E-state index < -0.39 is 0 Å². The molecular weight excluding hydrogens is 350 g/mol. The number of nitrogens with two attached hydrogens (primary N) is 2. The van der Waals surface area contributed by atoms with Gasteiger partial charge >= 0.3 is 0 Å². The molecule has 0 spiro atoms. The predicted molar refractivity (Wildman–Crippen MR) is 106 cm³/mol. The van der Waals surface area contributed by atoms with Gasteiger partial charge in [-0.15, -0.1) is 10.2 Å². The molecule has 2 aromatic rings. The number of hydrogen-bond donors (Lipinski definition) is 2. The summed E-state index contributed by atoms with van der Waals surface area (Å²) in [5, 5.41) is 10.6. The van der Waals surface area contributed by atoms with Crippen molar-refractivity contribution < 1.29 is 14.2 Å². The van der Waals surface area contributed by atoms with Gasteiger partial charge in [-0.2, -0.15) is 5.10 Å². The van der Waals surface area contributed by atoms with Crippen LogP contribution in [0.1, 0.15) is 12.5 Å². The lowest BCUT2D eigenvalue weighted by molar-refractivity contribution is 0.174. The van der Waals surface area contributed by atoms with Gasteiger partial charge in [-0.25, -0.2) is 0 Å². The zero-order chi connectivity index (χ0) is 20.2. The van der Waals surface area contributed by atoms with Crippen molar-refractivity contribution in [3.8, 4) is 11.5 Å². The molecule has 0 radical (unpaired) electrons. The van der Waals surface area contributed by atoms with Gasteiger partial charge in [0.2, 0.25) is 18.7 Å². The monoisotopic (exact) mass is 377 g/mol. The van der Waals surface area contributed by atoms with E-state index in [0.717, 1.165) is 23.0 Å². The maximum absolute atomic E-state index is 5.67. The van der Waals surface area contributed by atoms with Crippen molar-refractivity contribution in [1.82, 2.24) is 14.8 Å². The van der Waals surface area contributed by atoms with Crippen LogP contribution < -0.4 is 25.9 Å².